The van der Waals surface area contributed by atoms with Gasteiger partial charge >= 0.3 is 11.8 Å². The third-order valence-corrected chi connectivity index (χ3v) is 5.25. The molecule has 25 heavy (non-hydrogen) atoms. The van der Waals surface area contributed by atoms with E-state index in [-0.39, 0.29) is 11.8 Å². The van der Waals surface area contributed by atoms with Crippen LogP contribution in [0.3, 0.4) is 0 Å². The number of piperazine rings is 1. The number of carbonyl (C=O) groups excluding carboxylic acids is 2. The summed E-state index contributed by atoms with van der Waals surface area (Å²) in [6.07, 6.45) is 1.14. The minimum Gasteiger partial charge on any atom is -0.334 e. The Balaban J connectivity index is 1.50. The first-order valence-electron chi connectivity index (χ1n) is 9.37. The average Bonchev–Trinajstić information content (AvgIpc) is 2.61. The zero-order chi connectivity index (χ0) is 17.8. The van der Waals surface area contributed by atoms with E-state index < -0.39 is 0 Å². The van der Waals surface area contributed by atoms with E-state index in [1.807, 2.05) is 18.2 Å². The maximum absolute atomic E-state index is 12.6. The Bertz CT molecular complexity index is 586. The van der Waals surface area contributed by atoms with Crippen LogP contribution < -0.4 is 0 Å². The van der Waals surface area contributed by atoms with Gasteiger partial charge in [0.1, 0.15) is 0 Å². The minimum atomic E-state index is -0.319. The van der Waals surface area contributed by atoms with Crippen molar-refractivity contribution >= 4 is 11.8 Å². The summed E-state index contributed by atoms with van der Waals surface area (Å²) in [4.78, 5) is 31.0. The van der Waals surface area contributed by atoms with E-state index in [4.69, 9.17) is 0 Å². The molecule has 3 rings (SSSR count). The van der Waals surface area contributed by atoms with Crippen molar-refractivity contribution in [2.75, 3.05) is 39.3 Å². The fourth-order valence-corrected chi connectivity index (χ4v) is 4.05. The number of amides is 2. The van der Waals surface area contributed by atoms with Gasteiger partial charge in [0.2, 0.25) is 0 Å². The van der Waals surface area contributed by atoms with Crippen molar-refractivity contribution in [2.24, 2.45) is 11.8 Å². The van der Waals surface area contributed by atoms with Gasteiger partial charge in [0, 0.05) is 45.8 Å². The third kappa shape index (κ3) is 4.60. The smallest absolute Gasteiger partial charge is 0.312 e. The Morgan fingerprint density at radius 3 is 2.04 bits per heavy atom. The SMILES string of the molecule is CC1CC(C)CN(C(=O)C(=O)N2CCN(Cc3ccccc3)CC2)C1. The molecule has 5 heteroatoms. The van der Waals surface area contributed by atoms with Gasteiger partial charge in [-0.05, 0) is 23.8 Å². The molecule has 2 fully saturated rings. The average molecular weight is 343 g/mol. The minimum absolute atomic E-state index is 0.310. The normalized spacial score (nSPS) is 25.0. The number of nitrogens with zero attached hydrogens (tertiary/aromatic N) is 3. The van der Waals surface area contributed by atoms with Crippen molar-refractivity contribution in [3.63, 3.8) is 0 Å². The summed E-state index contributed by atoms with van der Waals surface area (Å²) in [6, 6.07) is 10.4. The Hall–Kier alpha value is -1.88. The maximum Gasteiger partial charge on any atom is 0.312 e. The predicted molar refractivity (Wildman–Crippen MR) is 97.8 cm³/mol. The van der Waals surface area contributed by atoms with Gasteiger partial charge in [0.15, 0.2) is 0 Å². The van der Waals surface area contributed by atoms with E-state index in [0.717, 1.165) is 26.1 Å². The van der Waals surface area contributed by atoms with Crippen molar-refractivity contribution in [2.45, 2.75) is 26.8 Å². The van der Waals surface area contributed by atoms with Crippen LogP contribution in [0.25, 0.3) is 0 Å². The van der Waals surface area contributed by atoms with Crippen molar-refractivity contribution in [1.29, 1.82) is 0 Å². The number of hydrogen-bond acceptors (Lipinski definition) is 3. The lowest BCUT2D eigenvalue weighted by Gasteiger charge is -2.38. The van der Waals surface area contributed by atoms with Crippen LogP contribution in [0.15, 0.2) is 30.3 Å². The van der Waals surface area contributed by atoms with Gasteiger partial charge in [0.25, 0.3) is 0 Å². The van der Waals surface area contributed by atoms with Gasteiger partial charge < -0.3 is 9.80 Å². The van der Waals surface area contributed by atoms with Gasteiger partial charge in [0.05, 0.1) is 0 Å². The predicted octanol–water partition coefficient (Wildman–Crippen LogP) is 1.84. The molecule has 2 amide bonds. The van der Waals surface area contributed by atoms with Crippen molar-refractivity contribution in [1.82, 2.24) is 14.7 Å². The highest BCUT2D eigenvalue weighted by Gasteiger charge is 2.33. The molecule has 2 heterocycles. The summed E-state index contributed by atoms with van der Waals surface area (Å²) in [5, 5.41) is 0. The molecule has 2 aliphatic rings. The van der Waals surface area contributed by atoms with Crippen LogP contribution in [-0.2, 0) is 16.1 Å². The van der Waals surface area contributed by atoms with Crippen LogP contribution in [0.1, 0.15) is 25.8 Å². The molecule has 5 nitrogen and oxygen atoms in total. The Labute approximate surface area is 150 Å². The summed E-state index contributed by atoms with van der Waals surface area (Å²) in [5.74, 6) is 0.321. The topological polar surface area (TPSA) is 43.9 Å². The Morgan fingerprint density at radius 1 is 0.880 bits per heavy atom. The fraction of sp³-hybridized carbons (Fsp3) is 0.600. The Morgan fingerprint density at radius 2 is 1.44 bits per heavy atom. The van der Waals surface area contributed by atoms with Crippen LogP contribution in [0.5, 0.6) is 0 Å². The quantitative estimate of drug-likeness (QED) is 0.770. The molecule has 1 aromatic rings. The maximum atomic E-state index is 12.6. The molecule has 0 spiro atoms. The van der Waals surface area contributed by atoms with Crippen molar-refractivity contribution in [3.8, 4) is 0 Å². The van der Waals surface area contributed by atoms with Crippen LogP contribution >= 0.6 is 0 Å². The number of piperidine rings is 1. The first-order valence-corrected chi connectivity index (χ1v) is 9.37. The van der Waals surface area contributed by atoms with Crippen molar-refractivity contribution < 1.29 is 9.59 Å². The third-order valence-electron chi connectivity index (χ3n) is 5.25. The highest BCUT2D eigenvalue weighted by molar-refractivity contribution is 6.34. The summed E-state index contributed by atoms with van der Waals surface area (Å²) >= 11 is 0. The molecule has 136 valence electrons. The van der Waals surface area contributed by atoms with E-state index in [9.17, 15) is 9.59 Å². The van der Waals surface area contributed by atoms with Crippen LogP contribution in [-0.4, -0.2) is 65.8 Å². The standard InChI is InChI=1S/C20H29N3O2/c1-16-12-17(2)14-23(13-16)20(25)19(24)22-10-8-21(9-11-22)15-18-6-4-3-5-7-18/h3-7,16-17H,8-15H2,1-2H3. The molecule has 2 unspecified atom stereocenters. The van der Waals surface area contributed by atoms with E-state index in [0.29, 0.717) is 38.0 Å². The number of likely N-dealkylation sites (tertiary alicyclic amines) is 1. The second-order valence-electron chi connectivity index (χ2n) is 7.71. The zero-order valence-corrected chi connectivity index (χ0v) is 15.4. The van der Waals surface area contributed by atoms with Crippen molar-refractivity contribution in [3.05, 3.63) is 35.9 Å². The fourth-order valence-electron chi connectivity index (χ4n) is 4.05. The van der Waals surface area contributed by atoms with Gasteiger partial charge in [-0.3, -0.25) is 14.5 Å². The zero-order valence-electron chi connectivity index (χ0n) is 15.4. The van der Waals surface area contributed by atoms with E-state index in [1.54, 1.807) is 9.80 Å². The van der Waals surface area contributed by atoms with Gasteiger partial charge in [-0.1, -0.05) is 44.2 Å². The second-order valence-corrected chi connectivity index (χ2v) is 7.71. The van der Waals surface area contributed by atoms with E-state index in [1.165, 1.54) is 5.56 Å². The lowest BCUT2D eigenvalue weighted by atomic mass is 9.92. The molecular formula is C20H29N3O2. The molecule has 1 aromatic carbocycles. The molecule has 2 aliphatic heterocycles. The molecule has 0 bridgehead atoms. The van der Waals surface area contributed by atoms with Gasteiger partial charge in [-0.2, -0.15) is 0 Å². The highest BCUT2D eigenvalue weighted by Crippen LogP contribution is 2.21. The molecule has 0 radical (unpaired) electrons. The van der Waals surface area contributed by atoms with E-state index >= 15 is 0 Å². The molecule has 0 aromatic heterocycles. The summed E-state index contributed by atoms with van der Waals surface area (Å²) < 4.78 is 0. The van der Waals surface area contributed by atoms with Crippen LogP contribution in [0, 0.1) is 11.8 Å². The van der Waals surface area contributed by atoms with Crippen LogP contribution in [0.2, 0.25) is 0 Å². The molecular weight excluding hydrogens is 314 g/mol. The first-order chi connectivity index (χ1) is 12.0. The lowest BCUT2D eigenvalue weighted by molar-refractivity contribution is -0.154. The van der Waals surface area contributed by atoms with Gasteiger partial charge in [-0.15, -0.1) is 0 Å². The monoisotopic (exact) mass is 343 g/mol. The van der Waals surface area contributed by atoms with Crippen LogP contribution in [0.4, 0.5) is 0 Å². The van der Waals surface area contributed by atoms with Gasteiger partial charge in [-0.25, -0.2) is 0 Å². The second kappa shape index (κ2) is 8.00. The Kier molecular flexibility index (Phi) is 5.74. The summed E-state index contributed by atoms with van der Waals surface area (Å²) in [7, 11) is 0. The number of hydrogen-bond donors (Lipinski definition) is 0. The summed E-state index contributed by atoms with van der Waals surface area (Å²) in [6.45, 7) is 9.55. The van der Waals surface area contributed by atoms with E-state index in [2.05, 4.69) is 30.9 Å². The largest absolute Gasteiger partial charge is 0.334 e. The highest BCUT2D eigenvalue weighted by atomic mass is 16.2. The number of rotatable bonds is 2. The molecule has 0 saturated carbocycles. The molecule has 2 saturated heterocycles. The molecule has 0 aliphatic carbocycles. The number of carbonyl (C=O) groups is 2. The lowest BCUT2D eigenvalue weighted by Crippen LogP contribution is -2.54. The number of benzene rings is 1. The molecule has 2 atom stereocenters. The first kappa shape index (κ1) is 17.9. The molecule has 0 N–H and O–H groups in total. The summed E-state index contributed by atoms with van der Waals surface area (Å²) in [5.41, 5.74) is 1.29.